The van der Waals surface area contributed by atoms with Crippen LogP contribution in [0.15, 0.2) is 66.7 Å². The van der Waals surface area contributed by atoms with Crippen molar-refractivity contribution in [3.05, 3.63) is 94.1 Å². The van der Waals surface area contributed by atoms with E-state index in [1.165, 1.54) is 0 Å². The second-order valence-corrected chi connectivity index (χ2v) is 11.5. The summed E-state index contributed by atoms with van der Waals surface area (Å²) >= 11 is 6.10. The number of rotatable bonds is 7. The normalized spacial score (nSPS) is 15.8. The molecule has 2 amide bonds. The predicted molar refractivity (Wildman–Crippen MR) is 161 cm³/mol. The van der Waals surface area contributed by atoms with Crippen molar-refractivity contribution in [3.63, 3.8) is 0 Å². The molecule has 214 valence electrons. The Kier molecular flexibility index (Phi) is 7.41. The Hall–Kier alpha value is -4.30. The van der Waals surface area contributed by atoms with Crippen molar-refractivity contribution in [3.8, 4) is 11.3 Å². The summed E-state index contributed by atoms with van der Waals surface area (Å²) in [6, 6.07) is 20.6. The van der Waals surface area contributed by atoms with Crippen LogP contribution in [0.4, 0.5) is 0 Å². The molecule has 9 heteroatoms. The number of nitrogens with zero attached hydrogens (tertiary/aromatic N) is 4. The molecule has 3 heterocycles. The van der Waals surface area contributed by atoms with Gasteiger partial charge in [0.1, 0.15) is 0 Å². The number of aromatic nitrogens is 2. The highest BCUT2D eigenvalue weighted by Crippen LogP contribution is 2.45. The van der Waals surface area contributed by atoms with E-state index in [1.54, 1.807) is 24.3 Å². The molecule has 1 saturated heterocycles. The summed E-state index contributed by atoms with van der Waals surface area (Å²) in [4.78, 5) is 51.1. The van der Waals surface area contributed by atoms with Crippen LogP contribution in [0, 0.1) is 0 Å². The monoisotopic (exact) mass is 582 g/mol. The molecular weight excluding hydrogens is 552 g/mol. The van der Waals surface area contributed by atoms with E-state index in [0.29, 0.717) is 66.8 Å². The van der Waals surface area contributed by atoms with Gasteiger partial charge in [-0.1, -0.05) is 41.9 Å². The molecule has 1 N–H and O–H groups in total. The van der Waals surface area contributed by atoms with E-state index in [-0.39, 0.29) is 23.8 Å². The van der Waals surface area contributed by atoms with Crippen LogP contribution in [0.25, 0.3) is 22.3 Å². The number of fused-ring (bicyclic) bond motifs is 3. The minimum absolute atomic E-state index is 0.0372. The van der Waals surface area contributed by atoms with E-state index >= 15 is 0 Å². The van der Waals surface area contributed by atoms with Gasteiger partial charge in [-0.2, -0.15) is 0 Å². The Morgan fingerprint density at radius 2 is 1.69 bits per heavy atom. The number of carbonyl (C=O) groups is 3. The summed E-state index contributed by atoms with van der Waals surface area (Å²) in [5, 5.41) is 9.66. The fourth-order valence-electron chi connectivity index (χ4n) is 6.30. The second-order valence-electron chi connectivity index (χ2n) is 11.1. The third kappa shape index (κ3) is 5.00. The van der Waals surface area contributed by atoms with Crippen LogP contribution in [0.5, 0.6) is 0 Å². The molecule has 1 aromatic heterocycles. The van der Waals surface area contributed by atoms with Crippen LogP contribution in [0.1, 0.15) is 64.1 Å². The lowest BCUT2D eigenvalue weighted by Gasteiger charge is -2.44. The number of unbranched alkanes of at least 4 members (excludes halogenated alkanes) is 1. The predicted octanol–water partition coefficient (Wildman–Crippen LogP) is 5.96. The molecule has 6 rings (SSSR count). The molecule has 4 aromatic rings. The zero-order valence-corrected chi connectivity index (χ0v) is 24.1. The van der Waals surface area contributed by atoms with Crippen LogP contribution in [-0.4, -0.2) is 62.8 Å². The molecule has 3 aromatic carbocycles. The molecule has 2 aliphatic rings. The zero-order chi connectivity index (χ0) is 29.4. The summed E-state index contributed by atoms with van der Waals surface area (Å²) in [7, 11) is 1.86. The van der Waals surface area contributed by atoms with Gasteiger partial charge >= 0.3 is 5.97 Å². The van der Waals surface area contributed by atoms with E-state index in [1.807, 2.05) is 59.3 Å². The average Bonchev–Trinajstić information content (AvgIpc) is 3.21. The third-order valence-corrected chi connectivity index (χ3v) is 8.89. The maximum absolute atomic E-state index is 13.6. The van der Waals surface area contributed by atoms with E-state index in [2.05, 4.69) is 0 Å². The number of benzene rings is 3. The summed E-state index contributed by atoms with van der Waals surface area (Å²) in [5.74, 6) is -0.853. The van der Waals surface area contributed by atoms with Gasteiger partial charge in [-0.05, 0) is 74.1 Å². The molecule has 1 spiro atoms. The zero-order valence-electron chi connectivity index (χ0n) is 23.3. The maximum atomic E-state index is 13.6. The van der Waals surface area contributed by atoms with Crippen molar-refractivity contribution in [2.24, 2.45) is 0 Å². The molecule has 8 nitrogen and oxygen atoms in total. The SMILES string of the molecule is CN1C(=O)c2ccccc2C12CCN(C(=O)c1ccc3nc(-c4ccc(Cl)cc4)c(CCCCC(=O)O)nc3c1)CC2. The number of hydrogen-bond donors (Lipinski definition) is 1. The number of aryl methyl sites for hydroxylation is 1. The maximum Gasteiger partial charge on any atom is 0.303 e. The molecule has 0 bridgehead atoms. The highest BCUT2D eigenvalue weighted by molar-refractivity contribution is 6.30. The van der Waals surface area contributed by atoms with Crippen LogP contribution in [0.3, 0.4) is 0 Å². The van der Waals surface area contributed by atoms with Gasteiger partial charge < -0.3 is 14.9 Å². The summed E-state index contributed by atoms with van der Waals surface area (Å²) in [5.41, 5.74) is 5.62. The van der Waals surface area contributed by atoms with Crippen LogP contribution < -0.4 is 0 Å². The lowest BCUT2D eigenvalue weighted by Crippen LogP contribution is -2.51. The Morgan fingerprint density at radius 3 is 2.43 bits per heavy atom. The van der Waals surface area contributed by atoms with E-state index in [9.17, 15) is 14.4 Å². The second kappa shape index (κ2) is 11.2. The largest absolute Gasteiger partial charge is 0.481 e. The highest BCUT2D eigenvalue weighted by atomic mass is 35.5. The van der Waals surface area contributed by atoms with Crippen molar-refractivity contribution >= 4 is 40.4 Å². The Morgan fingerprint density at radius 1 is 0.952 bits per heavy atom. The van der Waals surface area contributed by atoms with Crippen LogP contribution >= 0.6 is 11.6 Å². The number of piperidine rings is 1. The quantitative estimate of drug-likeness (QED) is 0.269. The van der Waals surface area contributed by atoms with Gasteiger partial charge in [-0.25, -0.2) is 9.97 Å². The van der Waals surface area contributed by atoms with Crippen molar-refractivity contribution in [2.75, 3.05) is 20.1 Å². The number of carbonyl (C=O) groups excluding carboxylic acids is 2. The van der Waals surface area contributed by atoms with E-state index < -0.39 is 5.97 Å². The third-order valence-electron chi connectivity index (χ3n) is 8.64. The minimum atomic E-state index is -0.820. The van der Waals surface area contributed by atoms with E-state index in [0.717, 1.165) is 28.1 Å². The number of aliphatic carboxylic acids is 1. The number of halogens is 1. The van der Waals surface area contributed by atoms with E-state index in [4.69, 9.17) is 26.7 Å². The molecular formula is C33H31ClN4O4. The molecule has 0 aliphatic carbocycles. The first-order valence-corrected chi connectivity index (χ1v) is 14.6. The van der Waals surface area contributed by atoms with Gasteiger partial charge in [-0.3, -0.25) is 14.4 Å². The number of carboxylic acid groups (broad SMARTS) is 1. The molecule has 0 unspecified atom stereocenters. The molecule has 0 saturated carbocycles. The first kappa shape index (κ1) is 27.8. The number of amides is 2. The average molecular weight is 583 g/mol. The topological polar surface area (TPSA) is 104 Å². The number of likely N-dealkylation sites (tertiary alicyclic amines) is 1. The molecule has 42 heavy (non-hydrogen) atoms. The lowest BCUT2D eigenvalue weighted by molar-refractivity contribution is -0.137. The summed E-state index contributed by atoms with van der Waals surface area (Å²) < 4.78 is 0. The van der Waals surface area contributed by atoms with Crippen molar-refractivity contribution < 1.29 is 19.5 Å². The Balaban J connectivity index is 1.25. The van der Waals surface area contributed by atoms with Gasteiger partial charge in [0.05, 0.1) is 28.0 Å². The number of carboxylic acids is 1. The molecule has 2 aliphatic heterocycles. The molecule has 0 radical (unpaired) electrons. The first-order chi connectivity index (χ1) is 20.3. The van der Waals surface area contributed by atoms with Crippen LogP contribution in [-0.2, 0) is 16.8 Å². The molecule has 0 atom stereocenters. The Bertz CT molecular complexity index is 1700. The number of hydrogen-bond acceptors (Lipinski definition) is 5. The van der Waals surface area contributed by atoms with Crippen LogP contribution in [0.2, 0.25) is 5.02 Å². The highest BCUT2D eigenvalue weighted by Gasteiger charge is 2.49. The standard InChI is InChI=1S/C33H31ClN4O4/c1-37-32(42)24-6-2-3-7-25(24)33(37)16-18-38(19-17-33)31(41)22-12-15-26-28(20-22)35-27(8-4-5-9-29(39)40)30(36-26)21-10-13-23(34)14-11-21/h2-3,6-7,10-15,20H,4-5,8-9,16-19H2,1H3,(H,39,40). The summed E-state index contributed by atoms with van der Waals surface area (Å²) in [6.07, 6.45) is 3.21. The lowest BCUT2D eigenvalue weighted by atomic mass is 9.81. The van der Waals surface area contributed by atoms with Gasteiger partial charge in [-0.15, -0.1) is 0 Å². The smallest absolute Gasteiger partial charge is 0.303 e. The molecule has 1 fully saturated rings. The fourth-order valence-corrected chi connectivity index (χ4v) is 6.43. The van der Waals surface area contributed by atoms with Gasteiger partial charge in [0.15, 0.2) is 0 Å². The van der Waals surface area contributed by atoms with Gasteiger partial charge in [0.25, 0.3) is 11.8 Å². The summed E-state index contributed by atoms with van der Waals surface area (Å²) in [6.45, 7) is 1.08. The van der Waals surface area contributed by atoms with Crippen molar-refractivity contribution in [1.29, 1.82) is 0 Å². The van der Waals surface area contributed by atoms with Gasteiger partial charge in [0.2, 0.25) is 0 Å². The van der Waals surface area contributed by atoms with Crippen molar-refractivity contribution in [1.82, 2.24) is 19.8 Å². The van der Waals surface area contributed by atoms with Crippen molar-refractivity contribution in [2.45, 2.75) is 44.1 Å². The first-order valence-electron chi connectivity index (χ1n) is 14.2. The minimum Gasteiger partial charge on any atom is -0.481 e. The van der Waals surface area contributed by atoms with Gasteiger partial charge in [0, 0.05) is 48.3 Å². The fraction of sp³-hybridized carbons (Fsp3) is 0.303. The Labute approximate surface area is 249 Å².